The number of aliphatic imine (C=N–C) groups is 1. The smallest absolute Gasteiger partial charge is 0.307 e. The monoisotopic (exact) mass is 393 g/mol. The second-order valence-corrected chi connectivity index (χ2v) is 8.01. The lowest BCUT2D eigenvalue weighted by Gasteiger charge is -2.23. The molecule has 0 aromatic heterocycles. The van der Waals surface area contributed by atoms with Crippen molar-refractivity contribution >= 4 is 57.5 Å². The molecular weight excluding hydrogens is 377 g/mol. The van der Waals surface area contributed by atoms with Gasteiger partial charge in [-0.1, -0.05) is 54.0 Å². The molecule has 2 aromatic rings. The zero-order chi connectivity index (χ0) is 18.0. The van der Waals surface area contributed by atoms with Gasteiger partial charge in [0.25, 0.3) is 0 Å². The van der Waals surface area contributed by atoms with E-state index in [1.165, 1.54) is 0 Å². The van der Waals surface area contributed by atoms with Crippen molar-refractivity contribution < 1.29 is 4.79 Å². The first-order valence-corrected chi connectivity index (χ1v) is 9.41. The number of carbonyl (C=O) groups is 1. The highest BCUT2D eigenvalue weighted by atomic mass is 35.5. The van der Waals surface area contributed by atoms with Crippen molar-refractivity contribution in [1.82, 2.24) is 0 Å². The van der Waals surface area contributed by atoms with E-state index in [-0.39, 0.29) is 6.03 Å². The summed E-state index contributed by atoms with van der Waals surface area (Å²) in [6.07, 6.45) is 0. The van der Waals surface area contributed by atoms with Crippen molar-refractivity contribution in [2.45, 2.75) is 19.1 Å². The molecule has 2 aromatic carbocycles. The number of amidine groups is 1. The number of carbonyl (C=O) groups excluding carboxylic acids is 1. The van der Waals surface area contributed by atoms with Crippen LogP contribution in [0, 0.1) is 6.92 Å². The Morgan fingerprint density at radius 3 is 2.68 bits per heavy atom. The van der Waals surface area contributed by atoms with Crippen LogP contribution in [0.5, 0.6) is 0 Å². The SMILES string of the molecule is Cc1cccc(N(C(=O)Nc2ccc(Cl)c(Cl)c2)C2=NC[C@H](C)S2)c1. The predicted molar refractivity (Wildman–Crippen MR) is 108 cm³/mol. The van der Waals surface area contributed by atoms with E-state index in [9.17, 15) is 4.79 Å². The van der Waals surface area contributed by atoms with Gasteiger partial charge in [0.1, 0.15) is 0 Å². The Morgan fingerprint density at radius 1 is 1.24 bits per heavy atom. The zero-order valence-electron chi connectivity index (χ0n) is 13.8. The normalized spacial score (nSPS) is 16.5. The fourth-order valence-corrected chi connectivity index (χ4v) is 3.67. The number of hydrogen-bond donors (Lipinski definition) is 1. The fraction of sp³-hybridized carbons (Fsp3) is 0.222. The van der Waals surface area contributed by atoms with Gasteiger partial charge in [0.15, 0.2) is 5.17 Å². The number of nitrogens with zero attached hydrogens (tertiary/aromatic N) is 2. The maximum atomic E-state index is 13.0. The lowest BCUT2D eigenvalue weighted by Crippen LogP contribution is -2.38. The number of hydrogen-bond acceptors (Lipinski definition) is 3. The van der Waals surface area contributed by atoms with E-state index in [4.69, 9.17) is 23.2 Å². The fourth-order valence-electron chi connectivity index (χ4n) is 2.42. The number of aryl methyl sites for hydroxylation is 1. The minimum absolute atomic E-state index is 0.288. The molecule has 1 N–H and O–H groups in total. The number of urea groups is 1. The lowest BCUT2D eigenvalue weighted by molar-refractivity contribution is 0.259. The van der Waals surface area contributed by atoms with Crippen molar-refractivity contribution in [3.8, 4) is 0 Å². The lowest BCUT2D eigenvalue weighted by atomic mass is 10.2. The third kappa shape index (κ3) is 4.29. The van der Waals surface area contributed by atoms with Crippen LogP contribution in [0.15, 0.2) is 47.5 Å². The summed E-state index contributed by atoms with van der Waals surface area (Å²) in [6.45, 7) is 4.78. The molecule has 0 unspecified atom stereocenters. The van der Waals surface area contributed by atoms with Gasteiger partial charge in [-0.05, 0) is 42.8 Å². The standard InChI is InChI=1S/C18H17Cl2N3OS/c1-11-4-3-5-14(8-11)23(18-21-10-12(2)25-18)17(24)22-13-6-7-15(19)16(20)9-13/h3-9,12H,10H2,1-2H3,(H,22,24)/t12-/m0/s1. The number of rotatable bonds is 2. The van der Waals surface area contributed by atoms with Crippen molar-refractivity contribution in [2.24, 2.45) is 4.99 Å². The molecule has 0 saturated heterocycles. The summed E-state index contributed by atoms with van der Waals surface area (Å²) in [5.74, 6) is 0. The molecule has 7 heteroatoms. The van der Waals surface area contributed by atoms with Crippen LogP contribution in [0.2, 0.25) is 10.0 Å². The molecule has 1 atom stereocenters. The van der Waals surface area contributed by atoms with E-state index in [2.05, 4.69) is 17.2 Å². The van der Waals surface area contributed by atoms with Crippen LogP contribution in [-0.2, 0) is 0 Å². The first-order valence-electron chi connectivity index (χ1n) is 7.78. The Kier molecular flexibility index (Phi) is 5.57. The molecule has 130 valence electrons. The Balaban J connectivity index is 1.90. The molecule has 1 aliphatic heterocycles. The number of halogens is 2. The molecule has 1 aliphatic rings. The van der Waals surface area contributed by atoms with Gasteiger partial charge in [-0.2, -0.15) is 0 Å². The highest BCUT2D eigenvalue weighted by Gasteiger charge is 2.27. The predicted octanol–water partition coefficient (Wildman–Crippen LogP) is 5.83. The van der Waals surface area contributed by atoms with Gasteiger partial charge < -0.3 is 5.32 Å². The summed E-state index contributed by atoms with van der Waals surface area (Å²) in [5.41, 5.74) is 2.42. The van der Waals surface area contributed by atoms with Gasteiger partial charge >= 0.3 is 6.03 Å². The number of benzene rings is 2. The second-order valence-electron chi connectivity index (χ2n) is 5.79. The Bertz CT molecular complexity index is 841. The summed E-state index contributed by atoms with van der Waals surface area (Å²) >= 11 is 13.6. The van der Waals surface area contributed by atoms with Crippen LogP contribution in [-0.4, -0.2) is 23.0 Å². The van der Waals surface area contributed by atoms with Crippen LogP contribution >= 0.6 is 35.0 Å². The molecule has 0 fully saturated rings. The van der Waals surface area contributed by atoms with Crippen LogP contribution in [0.3, 0.4) is 0 Å². The number of nitrogens with one attached hydrogen (secondary N) is 1. The van der Waals surface area contributed by atoms with E-state index in [1.807, 2.05) is 31.2 Å². The molecule has 0 aliphatic carbocycles. The van der Waals surface area contributed by atoms with Crippen molar-refractivity contribution in [1.29, 1.82) is 0 Å². The molecule has 25 heavy (non-hydrogen) atoms. The van der Waals surface area contributed by atoms with Crippen molar-refractivity contribution in [2.75, 3.05) is 16.8 Å². The Hall–Kier alpha value is -1.69. The van der Waals surface area contributed by atoms with E-state index in [0.29, 0.717) is 32.7 Å². The topological polar surface area (TPSA) is 44.7 Å². The maximum Gasteiger partial charge on any atom is 0.332 e. The maximum absolute atomic E-state index is 13.0. The van der Waals surface area contributed by atoms with E-state index in [1.54, 1.807) is 34.9 Å². The van der Waals surface area contributed by atoms with Gasteiger partial charge in [0, 0.05) is 10.9 Å². The number of amides is 2. The molecule has 2 amide bonds. The minimum Gasteiger partial charge on any atom is -0.307 e. The average molecular weight is 394 g/mol. The van der Waals surface area contributed by atoms with Gasteiger partial charge in [0.2, 0.25) is 0 Å². The number of thioether (sulfide) groups is 1. The van der Waals surface area contributed by atoms with E-state index in [0.717, 1.165) is 11.3 Å². The summed E-state index contributed by atoms with van der Waals surface area (Å²) < 4.78 is 0. The van der Waals surface area contributed by atoms with Crippen molar-refractivity contribution in [3.63, 3.8) is 0 Å². The number of anilines is 2. The highest BCUT2D eigenvalue weighted by molar-refractivity contribution is 8.15. The summed E-state index contributed by atoms with van der Waals surface area (Å²) in [6, 6.07) is 12.5. The van der Waals surface area contributed by atoms with Crippen LogP contribution < -0.4 is 10.2 Å². The van der Waals surface area contributed by atoms with Crippen LogP contribution in [0.25, 0.3) is 0 Å². The minimum atomic E-state index is -0.288. The molecule has 0 spiro atoms. The molecule has 0 saturated carbocycles. The molecule has 0 bridgehead atoms. The van der Waals surface area contributed by atoms with Crippen LogP contribution in [0.1, 0.15) is 12.5 Å². The first-order chi connectivity index (χ1) is 11.9. The van der Waals surface area contributed by atoms with Gasteiger partial charge in [-0.15, -0.1) is 0 Å². The molecule has 1 heterocycles. The summed E-state index contributed by atoms with van der Waals surface area (Å²) in [5, 5.41) is 4.74. The van der Waals surface area contributed by atoms with E-state index < -0.39 is 0 Å². The average Bonchev–Trinajstić information content (AvgIpc) is 2.97. The third-order valence-corrected chi connectivity index (χ3v) is 5.43. The third-order valence-electron chi connectivity index (χ3n) is 3.62. The largest absolute Gasteiger partial charge is 0.332 e. The second kappa shape index (κ2) is 7.68. The zero-order valence-corrected chi connectivity index (χ0v) is 16.1. The van der Waals surface area contributed by atoms with Gasteiger partial charge in [-0.25, -0.2) is 9.69 Å². The molecule has 0 radical (unpaired) electrons. The van der Waals surface area contributed by atoms with Gasteiger partial charge in [0.05, 0.1) is 22.3 Å². The van der Waals surface area contributed by atoms with Crippen LogP contribution in [0.4, 0.5) is 16.2 Å². The highest BCUT2D eigenvalue weighted by Crippen LogP contribution is 2.29. The summed E-state index contributed by atoms with van der Waals surface area (Å²) in [4.78, 5) is 19.1. The van der Waals surface area contributed by atoms with Gasteiger partial charge in [-0.3, -0.25) is 4.99 Å². The molecule has 4 nitrogen and oxygen atoms in total. The summed E-state index contributed by atoms with van der Waals surface area (Å²) in [7, 11) is 0. The molecule has 3 rings (SSSR count). The Labute approximate surface area is 161 Å². The van der Waals surface area contributed by atoms with E-state index >= 15 is 0 Å². The Morgan fingerprint density at radius 2 is 2.04 bits per heavy atom. The molecular formula is C18H17Cl2N3OS. The quantitative estimate of drug-likeness (QED) is 0.696. The van der Waals surface area contributed by atoms with Crippen molar-refractivity contribution in [3.05, 3.63) is 58.1 Å². The first kappa shape index (κ1) is 18.1.